The van der Waals surface area contributed by atoms with E-state index in [1.54, 1.807) is 0 Å². The van der Waals surface area contributed by atoms with Crippen LogP contribution in [0.25, 0.3) is 0 Å². The Morgan fingerprint density at radius 2 is 0.500 bits per heavy atom. The molecule has 1 radical (unpaired) electrons. The molecule has 0 atom stereocenters. The van der Waals surface area contributed by atoms with Crippen LogP contribution in [0, 0.1) is 0 Å². The third kappa shape index (κ3) is 24.2. The third-order valence-corrected chi connectivity index (χ3v) is 0. The number of rotatable bonds is 0. The number of hydrogen-bond donors (Lipinski definition) is 0. The second kappa shape index (κ2) is 35.3. The van der Waals surface area contributed by atoms with Crippen LogP contribution in [-0.4, -0.2) is 0 Å². The Bertz CT molecular complexity index is 8.75. The normalized spacial score (nSPS) is 0. The zero-order valence-electron chi connectivity index (χ0n) is 3.56. The van der Waals surface area contributed by atoms with Gasteiger partial charge in [0.1, 0.15) is 0 Å². The molecule has 0 unspecified atom stereocenters. The molecule has 0 N–H and O–H groups in total. The Balaban J connectivity index is 0. The van der Waals surface area contributed by atoms with Gasteiger partial charge in [0, 0.05) is 20.1 Å². The molecule has 0 aromatic carbocycles. The van der Waals surface area contributed by atoms with Gasteiger partial charge < -0.3 is 16.4 Å². The SMILES string of the molecule is [Ir].[O-2].[O-2].[O-2].[Rb+].[Rb+]. The van der Waals surface area contributed by atoms with Gasteiger partial charge in [0.2, 0.25) is 0 Å². The van der Waals surface area contributed by atoms with Crippen molar-refractivity contribution in [2.24, 2.45) is 0 Å². The standard InChI is InChI=1S/Ir.3O.2Rb/q;3*-2;2*+1. The van der Waals surface area contributed by atoms with Crippen LogP contribution in [0.3, 0.4) is 0 Å². The third-order valence-electron chi connectivity index (χ3n) is 0. The molecule has 0 aromatic heterocycles. The fourth-order valence-corrected chi connectivity index (χ4v) is 0. The van der Waals surface area contributed by atoms with E-state index in [2.05, 4.69) is 0 Å². The van der Waals surface area contributed by atoms with Crippen LogP contribution >= 0.6 is 0 Å². The molecule has 0 bridgehead atoms. The predicted octanol–water partition coefficient (Wildman–Crippen LogP) is -6.35. The maximum absolute atomic E-state index is 0. The van der Waals surface area contributed by atoms with Gasteiger partial charge in [0.15, 0.2) is 0 Å². The second-order valence-electron chi connectivity index (χ2n) is 0. The summed E-state index contributed by atoms with van der Waals surface area (Å²) in [4.78, 5) is 0. The molecule has 6 heteroatoms. The molecular formula is IrO3Rb2-4. The molecule has 6 heavy (non-hydrogen) atoms. The first-order valence-electron chi connectivity index (χ1n) is 0. The number of hydrogen-bond acceptors (Lipinski definition) is 0. The van der Waals surface area contributed by atoms with E-state index in [1.807, 2.05) is 0 Å². The maximum Gasteiger partial charge on any atom is 1.00 e. The Labute approximate surface area is 148 Å². The van der Waals surface area contributed by atoms with Crippen molar-refractivity contribution in [2.45, 2.75) is 0 Å². The Kier molecular flexibility index (Phi) is 291. The zero-order valence-corrected chi connectivity index (χ0v) is 15.8. The molecule has 0 aromatic rings. The van der Waals surface area contributed by atoms with Gasteiger partial charge in [-0.05, 0) is 0 Å². The summed E-state index contributed by atoms with van der Waals surface area (Å²) in [5, 5.41) is 0. The molecular weight excluding hydrogens is 411 g/mol. The molecule has 0 heterocycles. The van der Waals surface area contributed by atoms with E-state index >= 15 is 0 Å². The van der Waals surface area contributed by atoms with Gasteiger partial charge in [-0.15, -0.1) is 0 Å². The van der Waals surface area contributed by atoms with Crippen LogP contribution in [0.1, 0.15) is 0 Å². The smallest absolute Gasteiger partial charge is 1.00 e. The summed E-state index contributed by atoms with van der Waals surface area (Å²) in [5.41, 5.74) is 0. The minimum Gasteiger partial charge on any atom is -2.00 e. The monoisotopic (exact) mass is 411 g/mol. The van der Waals surface area contributed by atoms with Crippen molar-refractivity contribution < 1.29 is 153 Å². The summed E-state index contributed by atoms with van der Waals surface area (Å²) in [7, 11) is 0. The maximum atomic E-state index is 0. The van der Waals surface area contributed by atoms with Gasteiger partial charge in [-0.3, -0.25) is 0 Å². The first-order chi connectivity index (χ1) is 0. The van der Waals surface area contributed by atoms with Crippen molar-refractivity contribution in [3.8, 4) is 0 Å². The van der Waals surface area contributed by atoms with Crippen LogP contribution in [0.5, 0.6) is 0 Å². The minimum atomic E-state index is 0. The zero-order chi connectivity index (χ0) is 0. The molecule has 0 fully saturated rings. The van der Waals surface area contributed by atoms with E-state index in [9.17, 15) is 0 Å². The molecule has 0 spiro atoms. The van der Waals surface area contributed by atoms with Gasteiger partial charge in [-0.2, -0.15) is 0 Å². The molecule has 0 aliphatic carbocycles. The molecule has 0 saturated carbocycles. The Morgan fingerprint density at radius 3 is 0.500 bits per heavy atom. The quantitative estimate of drug-likeness (QED) is 0.380. The summed E-state index contributed by atoms with van der Waals surface area (Å²) in [6.45, 7) is 0. The summed E-state index contributed by atoms with van der Waals surface area (Å²) in [6.07, 6.45) is 0. The molecule has 33 valence electrons. The molecule has 0 amide bonds. The largest absolute Gasteiger partial charge is 2.00 e. The molecule has 0 saturated heterocycles. The van der Waals surface area contributed by atoms with Gasteiger partial charge >= 0.3 is 116 Å². The first-order valence-corrected chi connectivity index (χ1v) is 0. The molecule has 3 nitrogen and oxygen atoms in total. The van der Waals surface area contributed by atoms with Crippen LogP contribution in [0.15, 0.2) is 0 Å². The van der Waals surface area contributed by atoms with Crippen molar-refractivity contribution in [3.05, 3.63) is 0 Å². The first kappa shape index (κ1) is 49.4. The van der Waals surface area contributed by atoms with Crippen molar-refractivity contribution in [2.75, 3.05) is 0 Å². The molecule has 0 rings (SSSR count). The van der Waals surface area contributed by atoms with Crippen molar-refractivity contribution in [1.29, 1.82) is 0 Å². The van der Waals surface area contributed by atoms with Crippen LogP contribution in [0.4, 0.5) is 0 Å². The predicted molar refractivity (Wildman–Crippen MR) is 2.06 cm³/mol. The van der Waals surface area contributed by atoms with Crippen LogP contribution in [-0.2, 0) is 36.5 Å². The van der Waals surface area contributed by atoms with E-state index < -0.39 is 0 Å². The van der Waals surface area contributed by atoms with Gasteiger partial charge in [0.25, 0.3) is 0 Å². The van der Waals surface area contributed by atoms with E-state index in [4.69, 9.17) is 0 Å². The van der Waals surface area contributed by atoms with Crippen molar-refractivity contribution in [1.82, 2.24) is 0 Å². The van der Waals surface area contributed by atoms with Crippen LogP contribution in [0.2, 0.25) is 0 Å². The summed E-state index contributed by atoms with van der Waals surface area (Å²) in [5.74, 6) is 0. The molecule has 0 aliphatic heterocycles. The second-order valence-corrected chi connectivity index (χ2v) is 0. The Morgan fingerprint density at radius 1 is 0.500 bits per heavy atom. The van der Waals surface area contributed by atoms with Crippen molar-refractivity contribution >= 4 is 0 Å². The van der Waals surface area contributed by atoms with Crippen molar-refractivity contribution in [3.63, 3.8) is 0 Å². The van der Waals surface area contributed by atoms with Crippen LogP contribution < -0.4 is 116 Å². The van der Waals surface area contributed by atoms with E-state index in [0.717, 1.165) is 0 Å². The fraction of sp³-hybridized carbons (Fsp3) is 0. The Hall–Kier alpha value is 4.14. The van der Waals surface area contributed by atoms with E-state index in [-0.39, 0.29) is 153 Å². The van der Waals surface area contributed by atoms with Gasteiger partial charge in [-0.1, -0.05) is 0 Å². The summed E-state index contributed by atoms with van der Waals surface area (Å²) >= 11 is 0. The van der Waals surface area contributed by atoms with Gasteiger partial charge in [0.05, 0.1) is 0 Å². The summed E-state index contributed by atoms with van der Waals surface area (Å²) < 4.78 is 0. The van der Waals surface area contributed by atoms with E-state index in [1.165, 1.54) is 0 Å². The molecule has 0 aliphatic rings. The van der Waals surface area contributed by atoms with E-state index in [0.29, 0.717) is 0 Å². The summed E-state index contributed by atoms with van der Waals surface area (Å²) in [6, 6.07) is 0. The average molecular weight is 411 g/mol. The van der Waals surface area contributed by atoms with Gasteiger partial charge in [-0.25, -0.2) is 0 Å². The average Bonchev–Trinajstić information content (AvgIpc) is 0. The topological polar surface area (TPSA) is 85.5 Å². The minimum absolute atomic E-state index is 0. The fourth-order valence-electron chi connectivity index (χ4n) is 0.